The van der Waals surface area contributed by atoms with Crippen molar-refractivity contribution >= 4 is 0 Å². The monoisotopic (exact) mass is 228 g/mol. The van der Waals surface area contributed by atoms with Crippen molar-refractivity contribution in [2.45, 2.75) is 32.3 Å². The Morgan fingerprint density at radius 3 is 2.82 bits per heavy atom. The van der Waals surface area contributed by atoms with E-state index in [1.54, 1.807) is 6.20 Å². The van der Waals surface area contributed by atoms with Crippen LogP contribution >= 0.6 is 0 Å². The summed E-state index contributed by atoms with van der Waals surface area (Å²) in [6.07, 6.45) is 4.36. The lowest BCUT2D eigenvalue weighted by Crippen LogP contribution is -2.11. The third-order valence-corrected chi connectivity index (χ3v) is 3.43. The predicted molar refractivity (Wildman–Crippen MR) is 66.2 cm³/mol. The molecule has 0 saturated carbocycles. The van der Waals surface area contributed by atoms with Gasteiger partial charge in [0, 0.05) is 5.56 Å². The Morgan fingerprint density at radius 2 is 2.06 bits per heavy atom. The highest BCUT2D eigenvalue weighted by Crippen LogP contribution is 2.30. The van der Waals surface area contributed by atoms with Crippen LogP contribution in [0.15, 0.2) is 30.5 Å². The molecule has 1 unspecified atom stereocenters. The normalized spacial score (nSPS) is 19.1. The van der Waals surface area contributed by atoms with Crippen molar-refractivity contribution in [2.24, 2.45) is 0 Å². The largest absolute Gasteiger partial charge is 0.388 e. The summed E-state index contributed by atoms with van der Waals surface area (Å²) in [4.78, 5) is 0. The Balaban J connectivity index is 2.07. The third-order valence-electron chi connectivity index (χ3n) is 3.43. The van der Waals surface area contributed by atoms with Gasteiger partial charge in [0.25, 0.3) is 0 Å². The standard InChI is InChI=1S/C14H16N2O/c1-10-5-7-11(8-6-10)16-13-3-2-4-14(17)12(13)9-15-16/h5-9,14,17H,2-4H2,1H3. The van der Waals surface area contributed by atoms with Gasteiger partial charge in [0.05, 0.1) is 23.7 Å². The Hall–Kier alpha value is -1.61. The summed E-state index contributed by atoms with van der Waals surface area (Å²) in [5, 5.41) is 14.3. The second kappa shape index (κ2) is 4.00. The lowest BCUT2D eigenvalue weighted by molar-refractivity contribution is 0.156. The van der Waals surface area contributed by atoms with E-state index < -0.39 is 0 Å². The van der Waals surface area contributed by atoms with E-state index in [1.807, 2.05) is 4.68 Å². The number of benzene rings is 1. The molecule has 0 bridgehead atoms. The molecule has 0 radical (unpaired) electrons. The minimum absolute atomic E-state index is 0.335. The van der Waals surface area contributed by atoms with Gasteiger partial charge in [-0.2, -0.15) is 5.10 Å². The third kappa shape index (κ3) is 1.76. The topological polar surface area (TPSA) is 38.0 Å². The van der Waals surface area contributed by atoms with E-state index in [0.29, 0.717) is 0 Å². The average Bonchev–Trinajstić information content (AvgIpc) is 2.75. The van der Waals surface area contributed by atoms with Crippen molar-refractivity contribution in [2.75, 3.05) is 0 Å². The van der Waals surface area contributed by atoms with Gasteiger partial charge in [-0.15, -0.1) is 0 Å². The molecule has 1 N–H and O–H groups in total. The van der Waals surface area contributed by atoms with Crippen LogP contribution in [-0.4, -0.2) is 14.9 Å². The van der Waals surface area contributed by atoms with Gasteiger partial charge >= 0.3 is 0 Å². The first-order valence-corrected chi connectivity index (χ1v) is 6.07. The van der Waals surface area contributed by atoms with Crippen LogP contribution in [0.4, 0.5) is 0 Å². The molecule has 0 aliphatic heterocycles. The summed E-state index contributed by atoms with van der Waals surface area (Å²) in [6.45, 7) is 2.08. The number of hydrogen-bond donors (Lipinski definition) is 1. The molecule has 0 spiro atoms. The summed E-state index contributed by atoms with van der Waals surface area (Å²) < 4.78 is 1.96. The first kappa shape index (κ1) is 10.5. The van der Waals surface area contributed by atoms with Gasteiger partial charge in [-0.3, -0.25) is 0 Å². The van der Waals surface area contributed by atoms with Crippen molar-refractivity contribution in [3.05, 3.63) is 47.3 Å². The van der Waals surface area contributed by atoms with Crippen molar-refractivity contribution in [3.63, 3.8) is 0 Å². The van der Waals surface area contributed by atoms with E-state index in [0.717, 1.165) is 36.2 Å². The number of rotatable bonds is 1. The van der Waals surface area contributed by atoms with Crippen LogP contribution in [0, 0.1) is 6.92 Å². The fourth-order valence-corrected chi connectivity index (χ4v) is 2.44. The maximum atomic E-state index is 9.91. The number of aromatic nitrogens is 2. The summed E-state index contributed by atoms with van der Waals surface area (Å²) in [5.74, 6) is 0. The molecule has 1 heterocycles. The molecular weight excluding hydrogens is 212 g/mol. The first-order valence-electron chi connectivity index (χ1n) is 6.07. The molecule has 0 amide bonds. The number of hydrogen-bond acceptors (Lipinski definition) is 2. The van der Waals surface area contributed by atoms with E-state index in [2.05, 4.69) is 36.3 Å². The van der Waals surface area contributed by atoms with Crippen LogP contribution in [0.1, 0.15) is 35.8 Å². The number of fused-ring (bicyclic) bond motifs is 1. The fourth-order valence-electron chi connectivity index (χ4n) is 2.44. The number of aliphatic hydroxyl groups is 1. The van der Waals surface area contributed by atoms with E-state index >= 15 is 0 Å². The molecule has 1 aliphatic rings. The second-order valence-corrected chi connectivity index (χ2v) is 4.70. The molecule has 1 aromatic heterocycles. The molecule has 2 aromatic rings. The highest BCUT2D eigenvalue weighted by Gasteiger charge is 2.22. The maximum absolute atomic E-state index is 9.91. The lowest BCUT2D eigenvalue weighted by Gasteiger charge is -2.18. The summed E-state index contributed by atoms with van der Waals surface area (Å²) in [5.41, 5.74) is 4.48. The Labute approximate surface area is 101 Å². The van der Waals surface area contributed by atoms with Gasteiger partial charge in [0.2, 0.25) is 0 Å². The summed E-state index contributed by atoms with van der Waals surface area (Å²) >= 11 is 0. The second-order valence-electron chi connectivity index (χ2n) is 4.70. The van der Waals surface area contributed by atoms with Gasteiger partial charge < -0.3 is 5.11 Å². The zero-order chi connectivity index (χ0) is 11.8. The highest BCUT2D eigenvalue weighted by molar-refractivity contribution is 5.38. The van der Waals surface area contributed by atoms with Gasteiger partial charge in [0.15, 0.2) is 0 Å². The van der Waals surface area contributed by atoms with Crippen LogP contribution in [-0.2, 0) is 6.42 Å². The van der Waals surface area contributed by atoms with Crippen LogP contribution in [0.5, 0.6) is 0 Å². The smallest absolute Gasteiger partial charge is 0.0823 e. The van der Waals surface area contributed by atoms with E-state index in [9.17, 15) is 5.11 Å². The zero-order valence-corrected chi connectivity index (χ0v) is 9.93. The maximum Gasteiger partial charge on any atom is 0.0823 e. The van der Waals surface area contributed by atoms with E-state index in [1.165, 1.54) is 5.56 Å². The van der Waals surface area contributed by atoms with Crippen molar-refractivity contribution in [1.82, 2.24) is 9.78 Å². The van der Waals surface area contributed by atoms with Crippen LogP contribution in [0.25, 0.3) is 5.69 Å². The van der Waals surface area contributed by atoms with Crippen molar-refractivity contribution < 1.29 is 5.11 Å². The highest BCUT2D eigenvalue weighted by atomic mass is 16.3. The van der Waals surface area contributed by atoms with Gasteiger partial charge in [-0.25, -0.2) is 4.68 Å². The first-order chi connectivity index (χ1) is 8.25. The molecule has 1 aromatic carbocycles. The number of aryl methyl sites for hydroxylation is 1. The summed E-state index contributed by atoms with van der Waals surface area (Å²) in [6, 6.07) is 8.32. The quantitative estimate of drug-likeness (QED) is 0.814. The molecule has 1 atom stereocenters. The molecule has 17 heavy (non-hydrogen) atoms. The molecule has 1 aliphatic carbocycles. The van der Waals surface area contributed by atoms with Crippen LogP contribution in [0.2, 0.25) is 0 Å². The lowest BCUT2D eigenvalue weighted by atomic mass is 9.95. The Bertz CT molecular complexity index is 528. The summed E-state index contributed by atoms with van der Waals surface area (Å²) in [7, 11) is 0. The Morgan fingerprint density at radius 1 is 1.29 bits per heavy atom. The minimum Gasteiger partial charge on any atom is -0.388 e. The number of nitrogens with zero attached hydrogens (tertiary/aromatic N) is 2. The van der Waals surface area contributed by atoms with Crippen molar-refractivity contribution in [3.8, 4) is 5.69 Å². The minimum atomic E-state index is -0.335. The molecule has 0 fully saturated rings. The Kier molecular flexibility index (Phi) is 2.48. The fraction of sp³-hybridized carbons (Fsp3) is 0.357. The molecule has 0 saturated heterocycles. The van der Waals surface area contributed by atoms with Gasteiger partial charge in [-0.05, 0) is 38.3 Å². The molecule has 88 valence electrons. The van der Waals surface area contributed by atoms with E-state index in [4.69, 9.17) is 0 Å². The SMILES string of the molecule is Cc1ccc(-n2ncc3c2CCCC3O)cc1. The van der Waals surface area contributed by atoms with E-state index in [-0.39, 0.29) is 6.10 Å². The van der Waals surface area contributed by atoms with Gasteiger partial charge in [0.1, 0.15) is 0 Å². The molecule has 3 heteroatoms. The van der Waals surface area contributed by atoms with Crippen LogP contribution < -0.4 is 0 Å². The van der Waals surface area contributed by atoms with Crippen LogP contribution in [0.3, 0.4) is 0 Å². The average molecular weight is 228 g/mol. The predicted octanol–water partition coefficient (Wildman–Crippen LogP) is 2.55. The van der Waals surface area contributed by atoms with Gasteiger partial charge in [-0.1, -0.05) is 17.7 Å². The number of aliphatic hydroxyl groups excluding tert-OH is 1. The van der Waals surface area contributed by atoms with Crippen molar-refractivity contribution in [1.29, 1.82) is 0 Å². The molecular formula is C14H16N2O. The zero-order valence-electron chi connectivity index (χ0n) is 9.93. The molecule has 3 nitrogen and oxygen atoms in total. The molecule has 3 rings (SSSR count).